The molecule has 1 saturated heterocycles. The van der Waals surface area contributed by atoms with Gasteiger partial charge >= 0.3 is 0 Å². The highest BCUT2D eigenvalue weighted by atomic mass is 32.2. The molecule has 0 amide bonds. The van der Waals surface area contributed by atoms with Gasteiger partial charge < -0.3 is 20.7 Å². The number of nitrogens with one attached hydrogen (secondary N) is 2. The van der Waals surface area contributed by atoms with Gasteiger partial charge in [0.2, 0.25) is 10.0 Å². The Balaban J connectivity index is 1.32. The Hall–Kier alpha value is -3.28. The number of pyridine rings is 1. The fourth-order valence-corrected chi connectivity index (χ4v) is 6.71. The van der Waals surface area contributed by atoms with E-state index in [4.69, 9.17) is 15.5 Å². The summed E-state index contributed by atoms with van der Waals surface area (Å²) in [5.74, 6) is 1.77. The van der Waals surface area contributed by atoms with Crippen LogP contribution in [0.25, 0.3) is 11.1 Å². The van der Waals surface area contributed by atoms with Crippen LogP contribution < -0.4 is 25.4 Å². The normalized spacial score (nSPS) is 19.1. The number of aromatic nitrogens is 3. The summed E-state index contributed by atoms with van der Waals surface area (Å²) in [7, 11) is -3.79. The van der Waals surface area contributed by atoms with Gasteiger partial charge in [-0.15, -0.1) is 0 Å². The number of anilines is 2. The smallest absolute Gasteiger partial charge is 0.244 e. The van der Waals surface area contributed by atoms with Crippen LogP contribution in [0.3, 0.4) is 0 Å². The molecule has 4 N–H and O–H groups in total. The zero-order chi connectivity index (χ0) is 26.5. The number of nitrogens with two attached hydrogens (primary N) is 1. The average molecular weight is 536 g/mol. The van der Waals surface area contributed by atoms with E-state index >= 15 is 0 Å². The van der Waals surface area contributed by atoms with Gasteiger partial charge in [-0.1, -0.05) is 19.9 Å². The van der Waals surface area contributed by atoms with Crippen LogP contribution in [0.4, 0.5) is 11.6 Å². The summed E-state index contributed by atoms with van der Waals surface area (Å²) in [5, 5.41) is 3.06. The van der Waals surface area contributed by atoms with Crippen molar-refractivity contribution in [3.8, 4) is 16.9 Å². The molecule has 0 spiro atoms. The standard InChI is InChI=1S/C27H33N7O3S/c1-27(2)6-5-22-21(11-27)26(32-16-31-22)34-7-8-37-23-4-3-17(9-19(23)15-34)18-10-24(25(28)30-12-18)38(35,36)33-20-13-29-14-20/h3-4,9-10,12,16,20,29,33H,5-8,11,13-15H2,1-2H3,(H2,28,30). The summed E-state index contributed by atoms with van der Waals surface area (Å²) in [4.78, 5) is 15.8. The number of aryl methyl sites for hydroxylation is 1. The van der Waals surface area contributed by atoms with Crippen molar-refractivity contribution in [1.82, 2.24) is 25.0 Å². The average Bonchev–Trinajstić information content (AvgIpc) is 3.07. The van der Waals surface area contributed by atoms with Crippen molar-refractivity contribution in [3.05, 3.63) is 53.6 Å². The third-order valence-electron chi connectivity index (χ3n) is 7.65. The quantitative estimate of drug-likeness (QED) is 0.450. The molecule has 3 aromatic rings. The van der Waals surface area contributed by atoms with E-state index in [-0.39, 0.29) is 22.2 Å². The van der Waals surface area contributed by atoms with Gasteiger partial charge in [0.15, 0.2) is 0 Å². The van der Waals surface area contributed by atoms with Crippen molar-refractivity contribution < 1.29 is 13.2 Å². The van der Waals surface area contributed by atoms with Crippen LogP contribution in [-0.4, -0.2) is 55.7 Å². The highest BCUT2D eigenvalue weighted by Gasteiger charge is 2.31. The fourth-order valence-electron chi connectivity index (χ4n) is 5.37. The Morgan fingerprint density at radius 2 is 2.00 bits per heavy atom. The predicted octanol–water partition coefficient (Wildman–Crippen LogP) is 2.28. The Morgan fingerprint density at radius 3 is 2.79 bits per heavy atom. The van der Waals surface area contributed by atoms with E-state index < -0.39 is 10.0 Å². The van der Waals surface area contributed by atoms with E-state index in [1.807, 2.05) is 18.2 Å². The van der Waals surface area contributed by atoms with Crippen LogP contribution in [0, 0.1) is 5.41 Å². The summed E-state index contributed by atoms with van der Waals surface area (Å²) in [5.41, 5.74) is 11.1. The zero-order valence-electron chi connectivity index (χ0n) is 21.7. The Kier molecular flexibility index (Phi) is 6.24. The van der Waals surface area contributed by atoms with Gasteiger partial charge in [0.05, 0.1) is 6.54 Å². The van der Waals surface area contributed by atoms with Crippen molar-refractivity contribution in [3.63, 3.8) is 0 Å². The van der Waals surface area contributed by atoms with Gasteiger partial charge in [-0.3, -0.25) is 0 Å². The second-order valence-corrected chi connectivity index (χ2v) is 12.8. The van der Waals surface area contributed by atoms with Gasteiger partial charge in [0.25, 0.3) is 0 Å². The summed E-state index contributed by atoms with van der Waals surface area (Å²) < 4.78 is 34.8. The monoisotopic (exact) mass is 535 g/mol. The molecule has 3 aliphatic rings. The van der Waals surface area contributed by atoms with E-state index in [2.05, 4.69) is 38.8 Å². The molecule has 11 heteroatoms. The van der Waals surface area contributed by atoms with Crippen molar-refractivity contribution in [2.45, 2.75) is 50.6 Å². The SMILES string of the molecule is CC1(C)CCc2ncnc(N3CCOc4ccc(-c5cnc(N)c(S(=O)(=O)NC6CNC6)c5)cc4C3)c2C1. The number of nitrogen functional groups attached to an aromatic ring is 1. The third-order valence-corrected chi connectivity index (χ3v) is 9.20. The predicted molar refractivity (Wildman–Crippen MR) is 145 cm³/mol. The Labute approximate surface area is 223 Å². The summed E-state index contributed by atoms with van der Waals surface area (Å²) in [6.07, 6.45) is 6.31. The lowest BCUT2D eigenvalue weighted by Gasteiger charge is -2.33. The van der Waals surface area contributed by atoms with E-state index in [9.17, 15) is 8.42 Å². The zero-order valence-corrected chi connectivity index (χ0v) is 22.5. The van der Waals surface area contributed by atoms with Crippen molar-refractivity contribution >= 4 is 21.7 Å². The minimum absolute atomic E-state index is 0.00931. The van der Waals surface area contributed by atoms with Crippen LogP contribution in [0.2, 0.25) is 0 Å². The van der Waals surface area contributed by atoms with Crippen LogP contribution in [0.15, 0.2) is 41.7 Å². The third kappa shape index (κ3) is 4.81. The molecule has 200 valence electrons. The largest absolute Gasteiger partial charge is 0.491 e. The molecule has 2 aromatic heterocycles. The maximum atomic E-state index is 13.0. The molecule has 6 rings (SSSR count). The van der Waals surface area contributed by atoms with Crippen LogP contribution in [-0.2, 0) is 29.4 Å². The number of rotatable bonds is 5. The molecule has 10 nitrogen and oxygen atoms in total. The number of sulfonamides is 1. The number of hydrogen-bond donors (Lipinski definition) is 3. The molecule has 0 saturated carbocycles. The van der Waals surface area contributed by atoms with E-state index in [0.717, 1.165) is 47.7 Å². The van der Waals surface area contributed by atoms with Crippen molar-refractivity contribution in [2.24, 2.45) is 5.41 Å². The Bertz CT molecular complexity index is 1490. The summed E-state index contributed by atoms with van der Waals surface area (Å²) in [6.45, 7) is 7.67. The first-order valence-corrected chi connectivity index (χ1v) is 14.5. The number of benzene rings is 1. The first-order chi connectivity index (χ1) is 18.2. The lowest BCUT2D eigenvalue weighted by molar-refractivity contribution is 0.310. The summed E-state index contributed by atoms with van der Waals surface area (Å²) >= 11 is 0. The molecule has 0 atom stereocenters. The maximum Gasteiger partial charge on any atom is 0.244 e. The van der Waals surface area contributed by atoms with Gasteiger partial charge in [0, 0.05) is 54.3 Å². The van der Waals surface area contributed by atoms with Crippen molar-refractivity contribution in [1.29, 1.82) is 0 Å². The number of hydrogen-bond acceptors (Lipinski definition) is 9. The summed E-state index contributed by atoms with van der Waals surface area (Å²) in [6, 6.07) is 7.36. The minimum Gasteiger partial charge on any atom is -0.491 e. The van der Waals surface area contributed by atoms with Gasteiger partial charge in [-0.25, -0.2) is 28.1 Å². The molecule has 0 radical (unpaired) electrons. The Morgan fingerprint density at radius 1 is 1.16 bits per heavy atom. The van der Waals surface area contributed by atoms with E-state index in [0.29, 0.717) is 38.3 Å². The number of ether oxygens (including phenoxy) is 1. The lowest BCUT2D eigenvalue weighted by atomic mass is 9.76. The van der Waals surface area contributed by atoms with Crippen LogP contribution >= 0.6 is 0 Å². The molecular weight excluding hydrogens is 502 g/mol. The molecule has 2 aliphatic heterocycles. The highest BCUT2D eigenvalue weighted by molar-refractivity contribution is 7.89. The first kappa shape index (κ1) is 25.0. The molecule has 1 aliphatic carbocycles. The minimum atomic E-state index is -3.79. The first-order valence-electron chi connectivity index (χ1n) is 13.0. The molecule has 4 heterocycles. The van der Waals surface area contributed by atoms with E-state index in [1.54, 1.807) is 18.6 Å². The lowest BCUT2D eigenvalue weighted by Crippen LogP contribution is -2.56. The molecular formula is C27H33N7O3S. The number of fused-ring (bicyclic) bond motifs is 2. The highest BCUT2D eigenvalue weighted by Crippen LogP contribution is 2.39. The van der Waals surface area contributed by atoms with E-state index in [1.165, 1.54) is 5.56 Å². The van der Waals surface area contributed by atoms with Crippen LogP contribution in [0.1, 0.15) is 37.1 Å². The maximum absolute atomic E-state index is 13.0. The molecule has 1 fully saturated rings. The van der Waals surface area contributed by atoms with Crippen molar-refractivity contribution in [2.75, 3.05) is 36.9 Å². The second kappa shape index (κ2) is 9.48. The molecule has 1 aromatic carbocycles. The molecule has 38 heavy (non-hydrogen) atoms. The van der Waals surface area contributed by atoms with Gasteiger partial charge in [-0.2, -0.15) is 0 Å². The number of nitrogens with zero attached hydrogens (tertiary/aromatic N) is 4. The second-order valence-electron chi connectivity index (χ2n) is 11.1. The van der Waals surface area contributed by atoms with Gasteiger partial charge in [-0.05, 0) is 48.4 Å². The molecule has 0 unspecified atom stereocenters. The molecule has 0 bridgehead atoms. The fraction of sp³-hybridized carbons (Fsp3) is 0.444. The van der Waals surface area contributed by atoms with Crippen LogP contribution in [0.5, 0.6) is 5.75 Å². The topological polar surface area (TPSA) is 135 Å². The van der Waals surface area contributed by atoms with Gasteiger partial charge in [0.1, 0.15) is 35.2 Å².